The Morgan fingerprint density at radius 3 is 1.42 bits per heavy atom. The van der Waals surface area contributed by atoms with Gasteiger partial charge in [-0.1, -0.05) is 72.3 Å². The maximum atomic E-state index is 5.89. The van der Waals surface area contributed by atoms with Gasteiger partial charge in [-0.25, -0.2) is 0 Å². The Labute approximate surface area is 416 Å². The summed E-state index contributed by atoms with van der Waals surface area (Å²) < 4.78 is 32.7. The molecule has 6 aromatic rings. The predicted octanol–water partition coefficient (Wildman–Crippen LogP) is 7.46. The van der Waals surface area contributed by atoms with Crippen LogP contribution in [0.25, 0.3) is 33.9 Å². The van der Waals surface area contributed by atoms with Crippen molar-refractivity contribution in [3.63, 3.8) is 0 Å². The van der Waals surface area contributed by atoms with Crippen molar-refractivity contribution in [3.8, 4) is 33.9 Å². The molecule has 2 unspecified atom stereocenters. The number of nitrogens with zero attached hydrogens (tertiary/aromatic N) is 6. The summed E-state index contributed by atoms with van der Waals surface area (Å²) in [7, 11) is 0. The Bertz CT molecular complexity index is 2000. The van der Waals surface area contributed by atoms with Gasteiger partial charge < -0.3 is 45.4 Å². The summed E-state index contributed by atoms with van der Waals surface area (Å²) in [5.74, 6) is 1.09. The van der Waals surface area contributed by atoms with Gasteiger partial charge in [-0.3, -0.25) is 0 Å². The average Bonchev–Trinajstić information content (AvgIpc) is 4.08. The minimum absolute atomic E-state index is 0. The van der Waals surface area contributed by atoms with Crippen LogP contribution in [0.1, 0.15) is 104 Å². The van der Waals surface area contributed by atoms with E-state index in [9.17, 15) is 0 Å². The second-order valence-electron chi connectivity index (χ2n) is 14.3. The topological polar surface area (TPSA) is 164 Å². The second-order valence-corrected chi connectivity index (χ2v) is 14.7. The molecular formula is C48H64BrClMgN8O6. The molecule has 2 atom stereocenters. The largest absolute Gasteiger partial charge is 2.00 e. The van der Waals surface area contributed by atoms with E-state index < -0.39 is 0 Å². The van der Waals surface area contributed by atoms with Crippen LogP contribution in [0.4, 0.5) is 0 Å². The molecule has 14 nitrogen and oxygen atoms in total. The number of rotatable bonds is 13. The maximum absolute atomic E-state index is 5.89. The first-order chi connectivity index (χ1) is 30.9. The SMILES string of the molecule is CC1CCCCO1.CC1CCCCO1.CCOC(OCC)c1cc[c-]cc1.CCOC(OCC)c1ccc(-c2ccccc2-c2nn[nH]n2)cc1.Clc1ccccc1-c1nn[nH]n1.[Br-].[Mg+2]. The molecule has 0 amide bonds. The Hall–Kier alpha value is -3.68. The summed E-state index contributed by atoms with van der Waals surface area (Å²) in [5, 5.41) is 28.4. The first-order valence-corrected chi connectivity index (χ1v) is 22.3. The van der Waals surface area contributed by atoms with Gasteiger partial charge in [0.15, 0.2) is 12.6 Å². The number of benzene rings is 4. The summed E-state index contributed by atoms with van der Waals surface area (Å²) >= 11 is 5.89. The fourth-order valence-corrected chi connectivity index (χ4v) is 6.61. The Morgan fingerprint density at radius 1 is 0.600 bits per heavy atom. The molecular weight excluding hydrogens is 924 g/mol. The normalized spacial score (nSPS) is 15.2. The minimum Gasteiger partial charge on any atom is -1.00 e. The molecule has 2 saturated heterocycles. The van der Waals surface area contributed by atoms with E-state index in [1.807, 2.05) is 107 Å². The third-order valence-corrected chi connectivity index (χ3v) is 9.90. The van der Waals surface area contributed by atoms with Gasteiger partial charge in [-0.15, -0.1) is 26.0 Å². The molecule has 2 aliphatic heterocycles. The van der Waals surface area contributed by atoms with Crippen LogP contribution < -0.4 is 17.0 Å². The smallest absolute Gasteiger partial charge is 1.00 e. The maximum Gasteiger partial charge on any atom is 2.00 e. The van der Waals surface area contributed by atoms with E-state index in [0.717, 1.165) is 46.6 Å². The van der Waals surface area contributed by atoms with Crippen LogP contribution in [0.5, 0.6) is 0 Å². The molecule has 2 N–H and O–H groups in total. The van der Waals surface area contributed by atoms with Gasteiger partial charge in [0.25, 0.3) is 0 Å². The molecule has 17 heteroatoms. The number of aromatic amines is 2. The Balaban J connectivity index is 0.000000302. The van der Waals surface area contributed by atoms with Crippen LogP contribution >= 0.6 is 11.6 Å². The van der Waals surface area contributed by atoms with E-state index in [2.05, 4.69) is 73.3 Å². The van der Waals surface area contributed by atoms with Gasteiger partial charge >= 0.3 is 23.1 Å². The summed E-state index contributed by atoms with van der Waals surface area (Å²) in [4.78, 5) is 0. The van der Waals surface area contributed by atoms with Crippen LogP contribution in [-0.4, -0.2) is 116 Å². The molecule has 0 spiro atoms. The first-order valence-electron chi connectivity index (χ1n) is 21.9. The number of H-pyrrole nitrogens is 2. The van der Waals surface area contributed by atoms with E-state index in [-0.39, 0.29) is 52.6 Å². The van der Waals surface area contributed by atoms with Gasteiger partial charge in [0, 0.05) is 56.3 Å². The van der Waals surface area contributed by atoms with Gasteiger partial charge in [-0.05, 0) is 114 Å². The fraction of sp³-hybridized carbons (Fsp3) is 0.458. The third-order valence-electron chi connectivity index (χ3n) is 9.57. The Morgan fingerprint density at radius 2 is 1.03 bits per heavy atom. The molecule has 2 aromatic heterocycles. The monoisotopic (exact) mass is 986 g/mol. The number of hydrogen-bond donors (Lipinski definition) is 2. The van der Waals surface area contributed by atoms with Crippen molar-refractivity contribution in [2.24, 2.45) is 0 Å². The van der Waals surface area contributed by atoms with Gasteiger partial charge in [0.1, 0.15) is 0 Å². The van der Waals surface area contributed by atoms with Crippen molar-refractivity contribution in [1.82, 2.24) is 41.2 Å². The van der Waals surface area contributed by atoms with Crippen LogP contribution in [0.15, 0.2) is 97.1 Å². The van der Waals surface area contributed by atoms with Crippen molar-refractivity contribution in [1.29, 1.82) is 0 Å². The number of halogens is 2. The van der Waals surface area contributed by atoms with E-state index in [0.29, 0.717) is 55.3 Å². The zero-order valence-corrected chi connectivity index (χ0v) is 42.4. The molecule has 0 radical (unpaired) electrons. The van der Waals surface area contributed by atoms with Gasteiger partial charge in [0.2, 0.25) is 11.6 Å². The van der Waals surface area contributed by atoms with Crippen molar-refractivity contribution in [2.75, 3.05) is 39.6 Å². The molecule has 2 aliphatic rings. The van der Waals surface area contributed by atoms with Crippen molar-refractivity contribution in [2.45, 2.75) is 105 Å². The van der Waals surface area contributed by atoms with Crippen LogP contribution in [0, 0.1) is 6.07 Å². The van der Waals surface area contributed by atoms with Gasteiger partial charge in [0.05, 0.1) is 17.2 Å². The summed E-state index contributed by atoms with van der Waals surface area (Å²) in [6.45, 7) is 16.6. The van der Waals surface area contributed by atoms with Gasteiger partial charge in [-0.2, -0.15) is 40.8 Å². The standard InChI is InChI=1S/C18H20N4O2.C11H15O2.C7H5ClN4.2C6H12O.BrH.Mg/c1-3-23-18(24-4-2)14-11-9-13(10-12-14)15-7-5-6-8-16(15)17-19-21-22-20-17;1-3-12-11(13-4-2)10-8-6-5-7-9-10;8-6-4-2-1-3-5(6)7-9-11-12-10-7;2*1-6-4-2-3-5-7-6;;/h5-12,18H,3-4H2,1-2H3,(H,19,20,21,22);6-9,11H,3-4H2,1-2H3;1-4H,(H,9,10,11,12);2*6H,2-5H2,1H3;1H;/q;-1;;;;;+2/p-1. The summed E-state index contributed by atoms with van der Waals surface area (Å²) in [5.41, 5.74) is 5.89. The second kappa shape index (κ2) is 34.6. The number of hydrogen-bond acceptors (Lipinski definition) is 12. The molecule has 4 heterocycles. The van der Waals surface area contributed by atoms with Crippen LogP contribution in [0.3, 0.4) is 0 Å². The third kappa shape index (κ3) is 21.2. The van der Waals surface area contributed by atoms with E-state index >= 15 is 0 Å². The quantitative estimate of drug-likeness (QED) is 0.0668. The van der Waals surface area contributed by atoms with E-state index in [1.54, 1.807) is 6.07 Å². The molecule has 4 aromatic carbocycles. The molecule has 0 saturated carbocycles. The predicted molar refractivity (Wildman–Crippen MR) is 251 cm³/mol. The van der Waals surface area contributed by atoms with Crippen molar-refractivity contribution < 1.29 is 45.4 Å². The molecule has 0 bridgehead atoms. The minimum atomic E-state index is -0.332. The number of ether oxygens (including phenoxy) is 6. The number of aromatic nitrogens is 8. The number of tetrazole rings is 2. The van der Waals surface area contributed by atoms with Crippen LogP contribution in [-0.2, 0) is 28.4 Å². The molecule has 2 fully saturated rings. The molecule has 65 heavy (non-hydrogen) atoms. The average molecular weight is 989 g/mol. The molecule has 8 rings (SSSR count). The van der Waals surface area contributed by atoms with Crippen LogP contribution in [0.2, 0.25) is 5.02 Å². The molecule has 0 aliphatic carbocycles. The first kappa shape index (κ1) is 57.4. The fourth-order valence-electron chi connectivity index (χ4n) is 6.39. The van der Waals surface area contributed by atoms with Crippen molar-refractivity contribution in [3.05, 3.63) is 119 Å². The van der Waals surface area contributed by atoms with E-state index in [1.165, 1.54) is 38.5 Å². The molecule has 348 valence electrons. The van der Waals surface area contributed by atoms with E-state index in [4.69, 9.17) is 40.0 Å². The summed E-state index contributed by atoms with van der Waals surface area (Å²) in [6.07, 6.45) is 8.30. The summed E-state index contributed by atoms with van der Waals surface area (Å²) in [6, 6.07) is 34.1. The zero-order valence-electron chi connectivity index (χ0n) is 38.6. The Kier molecular flexibility index (Phi) is 30.6. The number of nitrogens with one attached hydrogen (secondary N) is 2. The zero-order chi connectivity index (χ0) is 44.9. The van der Waals surface area contributed by atoms with Crippen molar-refractivity contribution >= 4 is 34.7 Å².